The Bertz CT molecular complexity index is 770. The zero-order valence-corrected chi connectivity index (χ0v) is 16.9. The first kappa shape index (κ1) is 20.2. The average Bonchev–Trinajstić information content (AvgIpc) is 2.76. The molecule has 0 aliphatic heterocycles. The Kier molecular flexibility index (Phi) is 7.69. The van der Waals surface area contributed by atoms with Crippen LogP contribution in [0.15, 0.2) is 78.9 Å². The van der Waals surface area contributed by atoms with Crippen LogP contribution in [-0.4, -0.2) is 19.3 Å². The van der Waals surface area contributed by atoms with Crippen molar-refractivity contribution in [3.8, 4) is 28.0 Å². The summed E-state index contributed by atoms with van der Waals surface area (Å²) >= 11 is 0. The van der Waals surface area contributed by atoms with Gasteiger partial charge in [0, 0.05) is 11.1 Å². The van der Waals surface area contributed by atoms with Gasteiger partial charge in [-0.05, 0) is 24.5 Å². The third-order valence-electron chi connectivity index (χ3n) is 4.88. The Balaban J connectivity index is 1.80. The van der Waals surface area contributed by atoms with Gasteiger partial charge in [0.2, 0.25) is 0 Å². The maximum Gasteiger partial charge on any atom is 0.135 e. The van der Waals surface area contributed by atoms with E-state index in [9.17, 15) is 0 Å². The molecule has 0 N–H and O–H groups in total. The molecular weight excluding hydrogens is 344 g/mol. The van der Waals surface area contributed by atoms with Crippen molar-refractivity contribution in [2.24, 2.45) is 0 Å². The molecule has 1 unspecified atom stereocenters. The van der Waals surface area contributed by atoms with Gasteiger partial charge in [-0.3, -0.25) is 0 Å². The van der Waals surface area contributed by atoms with Crippen LogP contribution in [0, 0.1) is 0 Å². The standard InChI is InChI=1S/C26H30O2/c1-3-4-12-21(2)27-19-20-28-26-24(22-13-7-5-8-14-22)17-11-18-25(26)23-15-9-6-10-16-23/h5-11,13-18,21H,3-4,12,19-20H2,1-2H3. The lowest BCUT2D eigenvalue weighted by atomic mass is 9.97. The van der Waals surface area contributed by atoms with E-state index in [1.165, 1.54) is 12.8 Å². The van der Waals surface area contributed by atoms with Crippen LogP contribution in [-0.2, 0) is 4.74 Å². The third-order valence-corrected chi connectivity index (χ3v) is 4.88. The lowest BCUT2D eigenvalue weighted by molar-refractivity contribution is 0.0389. The molecule has 2 heteroatoms. The number of hydrogen-bond donors (Lipinski definition) is 0. The van der Waals surface area contributed by atoms with Gasteiger partial charge < -0.3 is 9.47 Å². The second kappa shape index (κ2) is 10.7. The van der Waals surface area contributed by atoms with Gasteiger partial charge in [-0.1, -0.05) is 98.6 Å². The highest BCUT2D eigenvalue weighted by atomic mass is 16.5. The summed E-state index contributed by atoms with van der Waals surface area (Å²) in [5.41, 5.74) is 4.54. The highest BCUT2D eigenvalue weighted by Crippen LogP contribution is 2.38. The minimum atomic E-state index is 0.279. The molecule has 3 rings (SSSR count). The van der Waals surface area contributed by atoms with Crippen LogP contribution >= 0.6 is 0 Å². The van der Waals surface area contributed by atoms with Crippen molar-refractivity contribution in [2.45, 2.75) is 39.2 Å². The van der Waals surface area contributed by atoms with Crippen LogP contribution < -0.4 is 4.74 Å². The number of benzene rings is 3. The van der Waals surface area contributed by atoms with E-state index in [-0.39, 0.29) is 6.10 Å². The molecule has 0 spiro atoms. The maximum absolute atomic E-state index is 6.31. The van der Waals surface area contributed by atoms with Gasteiger partial charge in [0.05, 0.1) is 12.7 Å². The summed E-state index contributed by atoms with van der Waals surface area (Å²) in [7, 11) is 0. The lowest BCUT2D eigenvalue weighted by Crippen LogP contribution is -2.14. The van der Waals surface area contributed by atoms with Gasteiger partial charge in [-0.15, -0.1) is 0 Å². The van der Waals surface area contributed by atoms with Gasteiger partial charge in [0.25, 0.3) is 0 Å². The number of unbranched alkanes of at least 4 members (excludes halogenated alkanes) is 1. The first-order valence-electron chi connectivity index (χ1n) is 10.3. The molecule has 28 heavy (non-hydrogen) atoms. The van der Waals surface area contributed by atoms with Crippen LogP contribution in [0.1, 0.15) is 33.1 Å². The van der Waals surface area contributed by atoms with E-state index < -0.39 is 0 Å². The van der Waals surface area contributed by atoms with E-state index in [1.54, 1.807) is 0 Å². The fourth-order valence-corrected chi connectivity index (χ4v) is 3.35. The number of hydrogen-bond acceptors (Lipinski definition) is 2. The van der Waals surface area contributed by atoms with E-state index in [0.717, 1.165) is 34.4 Å². The molecule has 0 aromatic heterocycles. The molecule has 0 saturated heterocycles. The minimum Gasteiger partial charge on any atom is -0.490 e. The fraction of sp³-hybridized carbons (Fsp3) is 0.308. The fourth-order valence-electron chi connectivity index (χ4n) is 3.35. The summed E-state index contributed by atoms with van der Waals surface area (Å²) in [6, 6.07) is 27.2. The highest BCUT2D eigenvalue weighted by Gasteiger charge is 2.13. The van der Waals surface area contributed by atoms with E-state index in [2.05, 4.69) is 80.6 Å². The SMILES string of the molecule is CCCCC(C)OCCOc1c(-c2ccccc2)cccc1-c1ccccc1. The predicted octanol–water partition coefficient (Wildman–Crippen LogP) is 6.99. The largest absolute Gasteiger partial charge is 0.490 e. The lowest BCUT2D eigenvalue weighted by Gasteiger charge is -2.18. The number of ether oxygens (including phenoxy) is 2. The first-order chi connectivity index (χ1) is 13.8. The van der Waals surface area contributed by atoms with Crippen molar-refractivity contribution >= 4 is 0 Å². The Morgan fingerprint density at radius 2 is 1.29 bits per heavy atom. The molecule has 3 aromatic rings. The second-order valence-corrected chi connectivity index (χ2v) is 7.09. The summed E-state index contributed by atoms with van der Waals surface area (Å²) in [4.78, 5) is 0. The van der Waals surface area contributed by atoms with E-state index in [0.29, 0.717) is 13.2 Å². The molecule has 0 heterocycles. The van der Waals surface area contributed by atoms with Crippen LogP contribution in [0.3, 0.4) is 0 Å². The Morgan fingerprint density at radius 1 is 0.714 bits per heavy atom. The quantitative estimate of drug-likeness (QED) is 0.356. The number of rotatable bonds is 10. The average molecular weight is 375 g/mol. The maximum atomic E-state index is 6.31. The van der Waals surface area contributed by atoms with Crippen molar-refractivity contribution in [3.63, 3.8) is 0 Å². The van der Waals surface area contributed by atoms with Gasteiger partial charge in [-0.25, -0.2) is 0 Å². The molecule has 146 valence electrons. The van der Waals surface area contributed by atoms with Crippen LogP contribution in [0.2, 0.25) is 0 Å². The molecule has 0 amide bonds. The summed E-state index contributed by atoms with van der Waals surface area (Å²) in [6.45, 7) is 5.49. The van der Waals surface area contributed by atoms with Crippen molar-refractivity contribution in [2.75, 3.05) is 13.2 Å². The summed E-state index contributed by atoms with van der Waals surface area (Å²) in [6.07, 6.45) is 3.79. The third kappa shape index (κ3) is 5.46. The van der Waals surface area contributed by atoms with Crippen molar-refractivity contribution in [1.82, 2.24) is 0 Å². The molecule has 0 bridgehead atoms. The summed E-state index contributed by atoms with van der Waals surface area (Å²) in [5, 5.41) is 0. The van der Waals surface area contributed by atoms with E-state index in [4.69, 9.17) is 9.47 Å². The predicted molar refractivity (Wildman–Crippen MR) is 118 cm³/mol. The molecule has 2 nitrogen and oxygen atoms in total. The van der Waals surface area contributed by atoms with Crippen molar-refractivity contribution < 1.29 is 9.47 Å². The highest BCUT2D eigenvalue weighted by molar-refractivity contribution is 5.82. The van der Waals surface area contributed by atoms with Gasteiger partial charge in [0.1, 0.15) is 12.4 Å². The van der Waals surface area contributed by atoms with Gasteiger partial charge in [-0.2, -0.15) is 0 Å². The second-order valence-electron chi connectivity index (χ2n) is 7.09. The molecule has 0 saturated carbocycles. The number of para-hydroxylation sites is 1. The Labute approximate surface area is 169 Å². The molecular formula is C26H30O2. The van der Waals surface area contributed by atoms with Crippen molar-refractivity contribution in [3.05, 3.63) is 78.9 Å². The van der Waals surface area contributed by atoms with Crippen molar-refractivity contribution in [1.29, 1.82) is 0 Å². The van der Waals surface area contributed by atoms with Gasteiger partial charge in [0.15, 0.2) is 0 Å². The molecule has 0 radical (unpaired) electrons. The van der Waals surface area contributed by atoms with E-state index in [1.807, 2.05) is 12.1 Å². The summed E-state index contributed by atoms with van der Waals surface area (Å²) in [5.74, 6) is 0.921. The Morgan fingerprint density at radius 3 is 1.82 bits per heavy atom. The van der Waals surface area contributed by atoms with Gasteiger partial charge >= 0.3 is 0 Å². The zero-order valence-electron chi connectivity index (χ0n) is 16.9. The molecule has 1 atom stereocenters. The van der Waals surface area contributed by atoms with E-state index >= 15 is 0 Å². The molecule has 0 aliphatic carbocycles. The molecule has 0 aliphatic rings. The Hall–Kier alpha value is -2.58. The zero-order chi connectivity index (χ0) is 19.6. The van der Waals surface area contributed by atoms with Crippen LogP contribution in [0.5, 0.6) is 5.75 Å². The summed E-state index contributed by atoms with van der Waals surface area (Å²) < 4.78 is 12.2. The smallest absolute Gasteiger partial charge is 0.135 e. The topological polar surface area (TPSA) is 18.5 Å². The molecule has 0 fully saturated rings. The normalized spacial score (nSPS) is 11.9. The molecule has 3 aromatic carbocycles. The van der Waals surface area contributed by atoms with Crippen LogP contribution in [0.4, 0.5) is 0 Å². The van der Waals surface area contributed by atoms with Crippen LogP contribution in [0.25, 0.3) is 22.3 Å². The first-order valence-corrected chi connectivity index (χ1v) is 10.3. The monoisotopic (exact) mass is 374 g/mol. The minimum absolute atomic E-state index is 0.279.